The van der Waals surface area contributed by atoms with E-state index in [4.69, 9.17) is 4.74 Å². The molecule has 0 saturated carbocycles. The number of hydrogen-bond donors (Lipinski definition) is 2. The second-order valence-corrected chi connectivity index (χ2v) is 6.57. The van der Waals surface area contributed by atoms with Gasteiger partial charge in [0.05, 0.1) is 18.9 Å². The van der Waals surface area contributed by atoms with Crippen molar-refractivity contribution in [3.63, 3.8) is 0 Å². The largest absolute Gasteiger partial charge is 0.377 e. The van der Waals surface area contributed by atoms with Gasteiger partial charge in [0.15, 0.2) is 0 Å². The number of ether oxygens (including phenoxy) is 1. The van der Waals surface area contributed by atoms with E-state index >= 15 is 0 Å². The van der Waals surface area contributed by atoms with Gasteiger partial charge in [-0.05, 0) is 37.8 Å². The zero-order valence-corrected chi connectivity index (χ0v) is 14.5. The average molecular weight is 347 g/mol. The van der Waals surface area contributed by atoms with Crippen LogP contribution in [0.1, 0.15) is 25.7 Å². The first kappa shape index (κ1) is 17.7. The smallest absolute Gasteiger partial charge is 0.315 e. The van der Waals surface area contributed by atoms with Crippen LogP contribution in [0.5, 0.6) is 0 Å². The van der Waals surface area contributed by atoms with Crippen LogP contribution in [0.3, 0.4) is 0 Å². The zero-order chi connectivity index (χ0) is 17.5. The Morgan fingerprint density at radius 2 is 2.24 bits per heavy atom. The monoisotopic (exact) mass is 347 g/mol. The summed E-state index contributed by atoms with van der Waals surface area (Å²) in [4.78, 5) is 14.1. The molecule has 0 spiro atoms. The van der Waals surface area contributed by atoms with Crippen LogP contribution in [-0.2, 0) is 4.74 Å². The van der Waals surface area contributed by atoms with Crippen LogP contribution < -0.4 is 15.5 Å². The lowest BCUT2D eigenvalue weighted by Gasteiger charge is -2.34. The number of nitrogens with zero attached hydrogens (tertiary/aromatic N) is 1. The lowest BCUT2D eigenvalue weighted by Crippen LogP contribution is -2.50. The number of benzene rings is 1. The normalized spacial score (nSPS) is 20.8. The fourth-order valence-electron chi connectivity index (χ4n) is 3.39. The molecule has 2 heterocycles. The first-order valence-electron chi connectivity index (χ1n) is 9.02. The molecule has 2 aliphatic heterocycles. The summed E-state index contributed by atoms with van der Waals surface area (Å²) in [5.41, 5.74) is 1.95. The van der Waals surface area contributed by atoms with E-state index in [0.29, 0.717) is 25.4 Å². The molecular weight excluding hydrogens is 321 g/mol. The predicted octanol–water partition coefficient (Wildman–Crippen LogP) is 2.83. The van der Waals surface area contributed by atoms with Crippen molar-refractivity contribution in [3.8, 4) is 0 Å². The van der Waals surface area contributed by atoms with Crippen molar-refractivity contribution >= 4 is 11.7 Å². The maximum atomic E-state index is 14.0. The highest BCUT2D eigenvalue weighted by atomic mass is 19.1. The number of piperidine rings is 1. The van der Waals surface area contributed by atoms with Crippen molar-refractivity contribution in [3.05, 3.63) is 41.7 Å². The molecule has 1 aromatic carbocycles. The summed E-state index contributed by atoms with van der Waals surface area (Å²) in [6.07, 6.45) is 5.76. The summed E-state index contributed by atoms with van der Waals surface area (Å²) >= 11 is 0. The summed E-state index contributed by atoms with van der Waals surface area (Å²) in [6.45, 7) is 3.52. The highest BCUT2D eigenvalue weighted by Gasteiger charge is 2.23. The first-order valence-corrected chi connectivity index (χ1v) is 9.02. The fraction of sp³-hybridized carbons (Fsp3) is 0.526. The van der Waals surface area contributed by atoms with Gasteiger partial charge in [-0.3, -0.25) is 0 Å². The standard InChI is InChI=1S/C19H26FN3O2/c20-17-5-1-2-6-18(17)23-11-3-4-16(14-23)22-19(24)21-10-7-15-8-12-25-13-9-15/h1-2,5-6,8,16H,3-4,7,9-14H2,(H2,21,22,24)/t16-/m1/s1. The predicted molar refractivity (Wildman–Crippen MR) is 96.3 cm³/mol. The van der Waals surface area contributed by atoms with Gasteiger partial charge >= 0.3 is 6.03 Å². The molecule has 0 bridgehead atoms. The van der Waals surface area contributed by atoms with Crippen LogP contribution in [0.15, 0.2) is 35.9 Å². The SMILES string of the molecule is O=C(NCCC1=CCOCC1)N[C@@H]1CCCN(c2ccccc2F)C1. The van der Waals surface area contributed by atoms with Gasteiger partial charge in [0.25, 0.3) is 0 Å². The molecule has 0 aliphatic carbocycles. The van der Waals surface area contributed by atoms with Crippen LogP contribution in [0.2, 0.25) is 0 Å². The van der Waals surface area contributed by atoms with E-state index < -0.39 is 0 Å². The number of carbonyl (C=O) groups excluding carboxylic acids is 1. The Kier molecular flexibility index (Phi) is 6.28. The minimum absolute atomic E-state index is 0.0376. The molecule has 1 atom stereocenters. The van der Waals surface area contributed by atoms with Crippen molar-refractivity contribution in [1.29, 1.82) is 0 Å². The molecule has 25 heavy (non-hydrogen) atoms. The lowest BCUT2D eigenvalue weighted by atomic mass is 10.0. The summed E-state index contributed by atoms with van der Waals surface area (Å²) in [7, 11) is 0. The molecule has 0 unspecified atom stereocenters. The van der Waals surface area contributed by atoms with Gasteiger partial charge in [0.2, 0.25) is 0 Å². The van der Waals surface area contributed by atoms with E-state index in [9.17, 15) is 9.18 Å². The van der Waals surface area contributed by atoms with E-state index in [0.717, 1.165) is 38.8 Å². The number of para-hydroxylation sites is 1. The Bertz CT molecular complexity index is 620. The quantitative estimate of drug-likeness (QED) is 0.806. The Morgan fingerprint density at radius 3 is 3.04 bits per heavy atom. The van der Waals surface area contributed by atoms with Gasteiger partial charge in [-0.1, -0.05) is 23.8 Å². The molecule has 3 rings (SSSR count). The summed E-state index contributed by atoms with van der Waals surface area (Å²) < 4.78 is 19.2. The van der Waals surface area contributed by atoms with E-state index in [-0.39, 0.29) is 17.9 Å². The Morgan fingerprint density at radius 1 is 1.36 bits per heavy atom. The second-order valence-electron chi connectivity index (χ2n) is 6.57. The second kappa shape index (κ2) is 8.85. The molecule has 2 amide bonds. The van der Waals surface area contributed by atoms with Crippen molar-refractivity contribution in [2.45, 2.75) is 31.7 Å². The Balaban J connectivity index is 1.43. The van der Waals surface area contributed by atoms with E-state index in [1.54, 1.807) is 12.1 Å². The van der Waals surface area contributed by atoms with Gasteiger partial charge < -0.3 is 20.3 Å². The Labute approximate surface area is 148 Å². The fourth-order valence-corrected chi connectivity index (χ4v) is 3.39. The van der Waals surface area contributed by atoms with Crippen LogP contribution >= 0.6 is 0 Å². The highest BCUT2D eigenvalue weighted by molar-refractivity contribution is 5.74. The van der Waals surface area contributed by atoms with Gasteiger partial charge in [-0.2, -0.15) is 0 Å². The van der Waals surface area contributed by atoms with Gasteiger partial charge in [-0.15, -0.1) is 0 Å². The van der Waals surface area contributed by atoms with E-state index in [2.05, 4.69) is 16.7 Å². The number of anilines is 1. The molecule has 2 aliphatic rings. The molecule has 5 nitrogen and oxygen atoms in total. The molecule has 0 aromatic heterocycles. The van der Waals surface area contributed by atoms with E-state index in [1.165, 1.54) is 11.6 Å². The minimum atomic E-state index is -0.211. The number of nitrogens with one attached hydrogen (secondary N) is 2. The molecule has 0 radical (unpaired) electrons. The number of halogens is 1. The Hall–Kier alpha value is -2.08. The van der Waals surface area contributed by atoms with Crippen LogP contribution in [0.4, 0.5) is 14.9 Å². The summed E-state index contributed by atoms with van der Waals surface area (Å²) in [5, 5.41) is 5.94. The van der Waals surface area contributed by atoms with Crippen molar-refractivity contribution in [2.75, 3.05) is 37.7 Å². The third kappa shape index (κ3) is 5.19. The number of amides is 2. The van der Waals surface area contributed by atoms with Gasteiger partial charge in [0.1, 0.15) is 5.82 Å². The maximum Gasteiger partial charge on any atom is 0.315 e. The van der Waals surface area contributed by atoms with Gasteiger partial charge in [0, 0.05) is 25.7 Å². The first-order chi connectivity index (χ1) is 12.2. The van der Waals surface area contributed by atoms with Crippen molar-refractivity contribution in [1.82, 2.24) is 10.6 Å². The minimum Gasteiger partial charge on any atom is -0.377 e. The van der Waals surface area contributed by atoms with Crippen LogP contribution in [0, 0.1) is 5.82 Å². The zero-order valence-electron chi connectivity index (χ0n) is 14.5. The highest BCUT2D eigenvalue weighted by Crippen LogP contribution is 2.22. The van der Waals surface area contributed by atoms with Crippen molar-refractivity contribution in [2.24, 2.45) is 0 Å². The topological polar surface area (TPSA) is 53.6 Å². The molecular formula is C19H26FN3O2. The number of urea groups is 1. The number of hydrogen-bond acceptors (Lipinski definition) is 3. The molecule has 1 fully saturated rings. The third-order valence-electron chi connectivity index (χ3n) is 4.74. The third-order valence-corrected chi connectivity index (χ3v) is 4.74. The van der Waals surface area contributed by atoms with Crippen LogP contribution in [-0.4, -0.2) is 44.9 Å². The average Bonchev–Trinajstić information content (AvgIpc) is 2.63. The molecule has 136 valence electrons. The van der Waals surface area contributed by atoms with Crippen molar-refractivity contribution < 1.29 is 13.9 Å². The van der Waals surface area contributed by atoms with E-state index in [1.807, 2.05) is 11.0 Å². The number of rotatable bonds is 5. The molecule has 1 aromatic rings. The lowest BCUT2D eigenvalue weighted by molar-refractivity contribution is 0.153. The molecule has 2 N–H and O–H groups in total. The molecule has 1 saturated heterocycles. The molecule has 6 heteroatoms. The van der Waals surface area contributed by atoms with Gasteiger partial charge in [-0.25, -0.2) is 9.18 Å². The van der Waals surface area contributed by atoms with Crippen LogP contribution in [0.25, 0.3) is 0 Å². The summed E-state index contributed by atoms with van der Waals surface area (Å²) in [5.74, 6) is -0.211. The maximum absolute atomic E-state index is 14.0. The number of carbonyl (C=O) groups is 1. The summed E-state index contributed by atoms with van der Waals surface area (Å²) in [6, 6.07) is 6.69.